The van der Waals surface area contributed by atoms with E-state index in [1.807, 2.05) is 54.6 Å². The molecule has 1 aliphatic heterocycles. The molecule has 4 aromatic rings. The maximum Gasteiger partial charge on any atom is 0.255 e. The number of fused-ring (bicyclic) bond motifs is 1. The third kappa shape index (κ3) is 7.21. The molecule has 45 heavy (non-hydrogen) atoms. The second kappa shape index (κ2) is 14.6. The van der Waals surface area contributed by atoms with Crippen LogP contribution in [0.2, 0.25) is 0 Å². The number of aliphatic hydroxyl groups excluding tert-OH is 3. The van der Waals surface area contributed by atoms with Crippen LogP contribution in [0.5, 0.6) is 23.0 Å². The number of nitrogens with one attached hydrogen (secondary N) is 2. The van der Waals surface area contributed by atoms with Gasteiger partial charge in [0.05, 0.1) is 39.6 Å². The summed E-state index contributed by atoms with van der Waals surface area (Å²) in [5.41, 5.74) is 5.51. The predicted octanol–water partition coefficient (Wildman–Crippen LogP) is 4.66. The quantitative estimate of drug-likeness (QED) is 0.108. The van der Waals surface area contributed by atoms with E-state index >= 15 is 0 Å². The monoisotopic (exact) mass is 612 g/mol. The summed E-state index contributed by atoms with van der Waals surface area (Å²) in [7, 11) is 3.09. The summed E-state index contributed by atoms with van der Waals surface area (Å²) in [5.74, 6) is 1.95. The second-order valence-corrected chi connectivity index (χ2v) is 10.2. The van der Waals surface area contributed by atoms with Crippen LogP contribution >= 0.6 is 0 Å². The van der Waals surface area contributed by atoms with Gasteiger partial charge in [0.2, 0.25) is 0 Å². The molecule has 0 aromatic heterocycles. The minimum absolute atomic E-state index is 0.167. The highest BCUT2D eigenvalue weighted by Gasteiger charge is 2.24. The van der Waals surface area contributed by atoms with Crippen molar-refractivity contribution in [1.82, 2.24) is 5.32 Å². The van der Waals surface area contributed by atoms with Crippen LogP contribution in [-0.4, -0.2) is 48.7 Å². The molecule has 1 unspecified atom stereocenters. The lowest BCUT2D eigenvalue weighted by Crippen LogP contribution is -2.38. The highest BCUT2D eigenvalue weighted by atomic mass is 16.5. The summed E-state index contributed by atoms with van der Waals surface area (Å²) in [6.45, 7) is -0.260. The maximum absolute atomic E-state index is 12.5. The average Bonchev–Trinajstić information content (AvgIpc) is 3.08. The Morgan fingerprint density at radius 3 is 2.11 bits per heavy atom. The van der Waals surface area contributed by atoms with Crippen molar-refractivity contribution >= 4 is 23.7 Å². The van der Waals surface area contributed by atoms with Crippen LogP contribution in [0.1, 0.15) is 49.9 Å². The van der Waals surface area contributed by atoms with Gasteiger partial charge in [-0.2, -0.15) is 0 Å². The van der Waals surface area contributed by atoms with Crippen LogP contribution in [0.25, 0.3) is 12.2 Å². The number of carbonyl (C=O) groups is 1. The molecule has 0 fully saturated rings. The molecule has 5 N–H and O–H groups in total. The molecule has 4 aromatic carbocycles. The van der Waals surface area contributed by atoms with Crippen LogP contribution in [0.3, 0.4) is 0 Å². The smallest absolute Gasteiger partial charge is 0.255 e. The third-order valence-corrected chi connectivity index (χ3v) is 7.46. The van der Waals surface area contributed by atoms with E-state index in [2.05, 4.69) is 10.6 Å². The number of para-hydroxylation sites is 1. The number of benzene rings is 4. The van der Waals surface area contributed by atoms with Gasteiger partial charge in [-0.1, -0.05) is 36.4 Å². The van der Waals surface area contributed by atoms with E-state index in [9.17, 15) is 20.1 Å². The number of methoxy groups -OCH3 is 2. The van der Waals surface area contributed by atoms with E-state index in [0.717, 1.165) is 22.4 Å². The number of carbonyl (C=O) groups excluding carboxylic acids is 1. The van der Waals surface area contributed by atoms with Crippen LogP contribution in [-0.2, 0) is 19.8 Å². The Balaban J connectivity index is 1.22. The number of rotatable bonds is 13. The van der Waals surface area contributed by atoms with Crippen molar-refractivity contribution in [2.75, 3.05) is 32.8 Å². The molecule has 1 amide bonds. The molecule has 0 spiro atoms. The Kier molecular flexibility index (Phi) is 10.2. The lowest BCUT2D eigenvalue weighted by molar-refractivity contribution is 0.0935. The lowest BCUT2D eigenvalue weighted by Gasteiger charge is -2.28. The van der Waals surface area contributed by atoms with Gasteiger partial charge >= 0.3 is 0 Å². The van der Waals surface area contributed by atoms with Crippen LogP contribution in [0, 0.1) is 0 Å². The van der Waals surface area contributed by atoms with Gasteiger partial charge in [0.25, 0.3) is 5.91 Å². The van der Waals surface area contributed by atoms with E-state index in [1.165, 1.54) is 7.11 Å². The Morgan fingerprint density at radius 2 is 1.38 bits per heavy atom. The minimum Gasteiger partial charge on any atom is -0.496 e. The predicted molar refractivity (Wildman–Crippen MR) is 170 cm³/mol. The molecular formula is C35H36N2O8. The van der Waals surface area contributed by atoms with Crippen LogP contribution in [0.15, 0.2) is 72.8 Å². The molecule has 1 heterocycles. The molecular weight excluding hydrogens is 576 g/mol. The first-order valence-electron chi connectivity index (χ1n) is 14.4. The van der Waals surface area contributed by atoms with Crippen molar-refractivity contribution in [2.24, 2.45) is 0 Å². The highest BCUT2D eigenvalue weighted by molar-refractivity contribution is 6.01. The average molecular weight is 613 g/mol. The van der Waals surface area contributed by atoms with Crippen molar-refractivity contribution in [2.45, 2.75) is 26.0 Å². The Labute approximate surface area is 261 Å². The topological polar surface area (TPSA) is 139 Å². The van der Waals surface area contributed by atoms with Gasteiger partial charge in [0.15, 0.2) is 11.5 Å². The standard InChI is InChI=1S/C35H36N2O8/c1-42-31-11-9-22(7-8-23-15-25(19-38)28(21-40)32(17-23)43-2)16-33(31)45-14-13-44-30-12-10-24(18-26(30)20-39)34-36-29-6-4-3-5-27(29)35(41)37-34/h3-12,15-18,34,36,38-40H,13-14,19-21H2,1-2H3,(H,37,41)/b8-7-. The highest BCUT2D eigenvalue weighted by Crippen LogP contribution is 2.32. The Bertz CT molecular complexity index is 1660. The number of hydrogen-bond donors (Lipinski definition) is 5. The van der Waals surface area contributed by atoms with Gasteiger partial charge in [-0.05, 0) is 70.8 Å². The molecule has 5 rings (SSSR count). The molecule has 10 heteroatoms. The van der Waals surface area contributed by atoms with E-state index in [4.69, 9.17) is 18.9 Å². The van der Waals surface area contributed by atoms with E-state index in [0.29, 0.717) is 45.3 Å². The number of amides is 1. The van der Waals surface area contributed by atoms with Gasteiger partial charge in [-0.15, -0.1) is 0 Å². The SMILES string of the molecule is COc1ccc(/C=C\c2cc(CO)c(CO)c(OC)c2)cc1OCCOc1ccc(C2NC(=O)c3ccccc3N2)cc1CO. The summed E-state index contributed by atoms with van der Waals surface area (Å²) in [6, 6.07) is 21.9. The fourth-order valence-corrected chi connectivity index (χ4v) is 5.15. The largest absolute Gasteiger partial charge is 0.496 e. The summed E-state index contributed by atoms with van der Waals surface area (Å²) >= 11 is 0. The zero-order valence-corrected chi connectivity index (χ0v) is 25.1. The first kappa shape index (κ1) is 31.4. The maximum atomic E-state index is 12.5. The normalized spacial score (nSPS) is 14.0. The molecule has 10 nitrogen and oxygen atoms in total. The molecule has 1 atom stereocenters. The van der Waals surface area contributed by atoms with Crippen molar-refractivity contribution in [1.29, 1.82) is 0 Å². The third-order valence-electron chi connectivity index (χ3n) is 7.46. The first-order chi connectivity index (χ1) is 22.0. The Hall–Kier alpha value is -5.03. The fraction of sp³-hybridized carbons (Fsp3) is 0.229. The number of anilines is 1. The van der Waals surface area contributed by atoms with Crippen LogP contribution < -0.4 is 29.6 Å². The molecule has 0 saturated heterocycles. The summed E-state index contributed by atoms with van der Waals surface area (Å²) in [5, 5.41) is 35.7. The van der Waals surface area contributed by atoms with Crippen molar-refractivity contribution in [3.63, 3.8) is 0 Å². The molecule has 0 bridgehead atoms. The summed E-state index contributed by atoms with van der Waals surface area (Å²) < 4.78 is 22.8. The number of aliphatic hydroxyl groups is 3. The van der Waals surface area contributed by atoms with Crippen molar-refractivity contribution < 1.29 is 39.1 Å². The number of hydrogen-bond acceptors (Lipinski definition) is 9. The zero-order valence-electron chi connectivity index (χ0n) is 25.1. The van der Waals surface area contributed by atoms with Crippen molar-refractivity contribution in [3.05, 3.63) is 112 Å². The van der Waals surface area contributed by atoms with Gasteiger partial charge < -0.3 is 44.9 Å². The van der Waals surface area contributed by atoms with E-state index in [1.54, 1.807) is 37.4 Å². The van der Waals surface area contributed by atoms with Crippen LogP contribution in [0.4, 0.5) is 5.69 Å². The van der Waals surface area contributed by atoms with E-state index in [-0.39, 0.29) is 38.9 Å². The minimum atomic E-state index is -0.442. The van der Waals surface area contributed by atoms with E-state index < -0.39 is 6.17 Å². The Morgan fingerprint density at radius 1 is 0.689 bits per heavy atom. The fourth-order valence-electron chi connectivity index (χ4n) is 5.15. The van der Waals surface area contributed by atoms with Crippen molar-refractivity contribution in [3.8, 4) is 23.0 Å². The molecule has 0 saturated carbocycles. The first-order valence-corrected chi connectivity index (χ1v) is 14.4. The molecule has 1 aliphatic rings. The second-order valence-electron chi connectivity index (χ2n) is 10.2. The zero-order chi connectivity index (χ0) is 31.8. The molecule has 0 radical (unpaired) electrons. The number of ether oxygens (including phenoxy) is 4. The molecule has 234 valence electrons. The molecule has 0 aliphatic carbocycles. The van der Waals surface area contributed by atoms with Gasteiger partial charge in [0, 0.05) is 16.8 Å². The summed E-state index contributed by atoms with van der Waals surface area (Å²) in [6.07, 6.45) is 3.33. The lowest BCUT2D eigenvalue weighted by atomic mass is 10.0. The van der Waals surface area contributed by atoms with Gasteiger partial charge in [0.1, 0.15) is 30.9 Å². The van der Waals surface area contributed by atoms with Gasteiger partial charge in [-0.25, -0.2) is 0 Å². The van der Waals surface area contributed by atoms with Gasteiger partial charge in [-0.3, -0.25) is 4.79 Å². The summed E-state index contributed by atoms with van der Waals surface area (Å²) in [4.78, 5) is 12.5.